The zero-order valence-electron chi connectivity index (χ0n) is 9.52. The van der Waals surface area contributed by atoms with Crippen molar-refractivity contribution in [2.75, 3.05) is 19.1 Å². The lowest BCUT2D eigenvalue weighted by molar-refractivity contribution is -0.133. The molecule has 0 aliphatic heterocycles. The average Bonchev–Trinajstić information content (AvgIpc) is 2.63. The number of nitrogens with zero attached hydrogens (tertiary/aromatic N) is 2. The van der Waals surface area contributed by atoms with Crippen LogP contribution < -0.4 is 5.76 Å². The van der Waals surface area contributed by atoms with Gasteiger partial charge in [-0.05, 0) is 6.26 Å². The maximum absolute atomic E-state index is 11.8. The van der Waals surface area contributed by atoms with Gasteiger partial charge in [-0.1, -0.05) is 12.1 Å². The molecule has 0 fully saturated rings. The Morgan fingerprint density at radius 1 is 1.69 bits per heavy atom. The standard InChI is InChI=1S/C9H15N3O3S/c1-6(5-16-3)8(13)12(2)4-7-10-9(14)15-11-7/h6H,4-5H2,1-3H3,(H,10,11,14). The molecule has 1 heterocycles. The topological polar surface area (TPSA) is 79.2 Å². The van der Waals surface area contributed by atoms with Crippen LogP contribution in [0.4, 0.5) is 0 Å². The molecule has 0 aliphatic carbocycles. The molecule has 0 bridgehead atoms. The summed E-state index contributed by atoms with van der Waals surface area (Å²) in [5.74, 6) is 0.514. The van der Waals surface area contributed by atoms with E-state index in [4.69, 9.17) is 0 Å². The van der Waals surface area contributed by atoms with E-state index in [-0.39, 0.29) is 18.4 Å². The van der Waals surface area contributed by atoms with Crippen LogP contribution in [0.15, 0.2) is 9.32 Å². The smallest absolute Gasteiger partial charge is 0.338 e. The monoisotopic (exact) mass is 245 g/mol. The third-order valence-electron chi connectivity index (χ3n) is 2.09. The first kappa shape index (κ1) is 12.8. The Labute approximate surface area is 97.4 Å². The van der Waals surface area contributed by atoms with Gasteiger partial charge < -0.3 is 4.90 Å². The lowest BCUT2D eigenvalue weighted by Gasteiger charge is -2.19. The lowest BCUT2D eigenvalue weighted by atomic mass is 10.2. The van der Waals surface area contributed by atoms with Gasteiger partial charge >= 0.3 is 5.76 Å². The Morgan fingerprint density at radius 2 is 2.38 bits per heavy atom. The Kier molecular flexibility index (Phi) is 4.60. The summed E-state index contributed by atoms with van der Waals surface area (Å²) in [5.41, 5.74) is 0. The van der Waals surface area contributed by atoms with E-state index < -0.39 is 5.76 Å². The van der Waals surface area contributed by atoms with Crippen molar-refractivity contribution in [1.29, 1.82) is 0 Å². The van der Waals surface area contributed by atoms with Gasteiger partial charge in [0.2, 0.25) is 5.91 Å². The normalized spacial score (nSPS) is 12.4. The summed E-state index contributed by atoms with van der Waals surface area (Å²) >= 11 is 1.63. The Balaban J connectivity index is 2.54. The van der Waals surface area contributed by atoms with E-state index in [2.05, 4.69) is 14.7 Å². The Morgan fingerprint density at radius 3 is 2.88 bits per heavy atom. The van der Waals surface area contributed by atoms with Gasteiger partial charge in [0.15, 0.2) is 5.82 Å². The van der Waals surface area contributed by atoms with E-state index in [1.165, 1.54) is 4.90 Å². The molecule has 0 spiro atoms. The molecule has 1 N–H and O–H groups in total. The third-order valence-corrected chi connectivity index (χ3v) is 2.92. The highest BCUT2D eigenvalue weighted by atomic mass is 32.2. The molecule has 0 aliphatic rings. The van der Waals surface area contributed by atoms with E-state index in [0.29, 0.717) is 5.82 Å². The minimum atomic E-state index is -0.604. The second kappa shape index (κ2) is 5.74. The molecule has 90 valence electrons. The highest BCUT2D eigenvalue weighted by molar-refractivity contribution is 7.98. The summed E-state index contributed by atoms with van der Waals surface area (Å²) < 4.78 is 4.35. The van der Waals surface area contributed by atoms with Gasteiger partial charge in [0.05, 0.1) is 6.54 Å². The van der Waals surface area contributed by atoms with Crippen molar-refractivity contribution in [2.24, 2.45) is 5.92 Å². The van der Waals surface area contributed by atoms with Gasteiger partial charge in [-0.2, -0.15) is 11.8 Å². The first-order chi connectivity index (χ1) is 7.54. The quantitative estimate of drug-likeness (QED) is 0.808. The molecule has 7 heteroatoms. The van der Waals surface area contributed by atoms with Crippen molar-refractivity contribution in [2.45, 2.75) is 13.5 Å². The molecule has 1 aromatic rings. The number of aromatic amines is 1. The Hall–Kier alpha value is -1.24. The number of rotatable bonds is 5. The second-order valence-corrected chi connectivity index (χ2v) is 4.50. The van der Waals surface area contributed by atoms with Crippen molar-refractivity contribution in [3.05, 3.63) is 16.4 Å². The molecule has 1 aromatic heterocycles. The summed E-state index contributed by atoms with van der Waals surface area (Å²) in [6.07, 6.45) is 1.96. The molecule has 16 heavy (non-hydrogen) atoms. The van der Waals surface area contributed by atoms with Crippen molar-refractivity contribution < 1.29 is 9.32 Å². The van der Waals surface area contributed by atoms with Crippen LogP contribution in [0.3, 0.4) is 0 Å². The van der Waals surface area contributed by atoms with Gasteiger partial charge in [0, 0.05) is 18.7 Å². The average molecular weight is 245 g/mol. The highest BCUT2D eigenvalue weighted by Crippen LogP contribution is 2.08. The molecule has 1 atom stereocenters. The molecule has 1 unspecified atom stereocenters. The molecule has 0 saturated carbocycles. The van der Waals surface area contributed by atoms with Crippen molar-refractivity contribution in [3.8, 4) is 0 Å². The molecule has 0 saturated heterocycles. The molecular weight excluding hydrogens is 230 g/mol. The summed E-state index contributed by atoms with van der Waals surface area (Å²) in [6, 6.07) is 0. The largest absolute Gasteiger partial charge is 0.438 e. The van der Waals surface area contributed by atoms with Crippen LogP contribution in [0.25, 0.3) is 0 Å². The maximum atomic E-state index is 11.8. The first-order valence-electron chi connectivity index (χ1n) is 4.83. The van der Waals surface area contributed by atoms with E-state index in [1.54, 1.807) is 18.8 Å². The third kappa shape index (κ3) is 3.41. The molecule has 6 nitrogen and oxygen atoms in total. The number of amides is 1. The predicted octanol–water partition coefficient (Wildman–Crippen LogP) is 0.320. The zero-order valence-corrected chi connectivity index (χ0v) is 10.3. The van der Waals surface area contributed by atoms with Crippen LogP contribution in [-0.2, 0) is 11.3 Å². The maximum Gasteiger partial charge on any atom is 0.438 e. The summed E-state index contributed by atoms with van der Waals surface area (Å²) in [7, 11) is 1.67. The summed E-state index contributed by atoms with van der Waals surface area (Å²) in [5, 5.41) is 3.50. The molecule has 1 rings (SSSR count). The first-order valence-corrected chi connectivity index (χ1v) is 6.22. The number of carbonyl (C=O) groups excluding carboxylic acids is 1. The molecule has 0 aromatic carbocycles. The lowest BCUT2D eigenvalue weighted by Crippen LogP contribution is -2.32. The van der Waals surface area contributed by atoms with Crippen LogP contribution in [0.5, 0.6) is 0 Å². The van der Waals surface area contributed by atoms with Gasteiger partial charge in [-0.15, -0.1) is 0 Å². The van der Waals surface area contributed by atoms with E-state index in [1.807, 2.05) is 13.2 Å². The van der Waals surface area contributed by atoms with E-state index >= 15 is 0 Å². The van der Waals surface area contributed by atoms with Crippen molar-refractivity contribution in [1.82, 2.24) is 15.0 Å². The number of aromatic nitrogens is 2. The summed E-state index contributed by atoms with van der Waals surface area (Å²) in [6.45, 7) is 2.13. The second-order valence-electron chi connectivity index (χ2n) is 3.59. The van der Waals surface area contributed by atoms with Crippen molar-refractivity contribution in [3.63, 3.8) is 0 Å². The van der Waals surface area contributed by atoms with Gasteiger partial charge in [-0.3, -0.25) is 14.3 Å². The number of H-pyrrole nitrogens is 1. The van der Waals surface area contributed by atoms with Crippen molar-refractivity contribution >= 4 is 17.7 Å². The Bertz CT molecular complexity index is 401. The SMILES string of the molecule is CSCC(C)C(=O)N(C)Cc1noc(=O)[nH]1. The van der Waals surface area contributed by atoms with Gasteiger partial charge in [0.1, 0.15) is 0 Å². The highest BCUT2D eigenvalue weighted by Gasteiger charge is 2.18. The predicted molar refractivity (Wildman–Crippen MR) is 61.1 cm³/mol. The minimum absolute atomic E-state index is 0.0261. The van der Waals surface area contributed by atoms with Gasteiger partial charge in [-0.25, -0.2) is 4.79 Å². The van der Waals surface area contributed by atoms with Crippen LogP contribution in [0, 0.1) is 5.92 Å². The van der Waals surface area contributed by atoms with Gasteiger partial charge in [0.25, 0.3) is 0 Å². The zero-order chi connectivity index (χ0) is 12.1. The number of carbonyl (C=O) groups is 1. The molecule has 1 amide bonds. The van der Waals surface area contributed by atoms with Crippen LogP contribution in [-0.4, -0.2) is 40.0 Å². The van der Waals surface area contributed by atoms with Crippen LogP contribution in [0.1, 0.15) is 12.7 Å². The molecule has 0 radical (unpaired) electrons. The number of nitrogens with one attached hydrogen (secondary N) is 1. The van der Waals surface area contributed by atoms with E-state index in [9.17, 15) is 9.59 Å². The fourth-order valence-electron chi connectivity index (χ4n) is 1.33. The fourth-order valence-corrected chi connectivity index (χ4v) is 1.97. The number of hydrogen-bond acceptors (Lipinski definition) is 5. The number of thioether (sulfide) groups is 1. The van der Waals surface area contributed by atoms with Crippen LogP contribution >= 0.6 is 11.8 Å². The number of hydrogen-bond donors (Lipinski definition) is 1. The minimum Gasteiger partial charge on any atom is -0.338 e. The van der Waals surface area contributed by atoms with Crippen LogP contribution in [0.2, 0.25) is 0 Å². The van der Waals surface area contributed by atoms with E-state index in [0.717, 1.165) is 5.75 Å². The fraction of sp³-hybridized carbons (Fsp3) is 0.667. The molecular formula is C9H15N3O3S. The summed E-state index contributed by atoms with van der Waals surface area (Å²) in [4.78, 5) is 26.4.